The van der Waals surface area contributed by atoms with Crippen LogP contribution >= 0.6 is 11.3 Å². The minimum Gasteiger partial charge on any atom is -0.476 e. The van der Waals surface area contributed by atoms with E-state index >= 15 is 0 Å². The summed E-state index contributed by atoms with van der Waals surface area (Å²) in [6.45, 7) is 7.12. The summed E-state index contributed by atoms with van der Waals surface area (Å²) >= 11 is 1.05. The number of nitrogens with zero attached hydrogens (tertiary/aromatic N) is 2. The van der Waals surface area contributed by atoms with Gasteiger partial charge in [-0.3, -0.25) is 4.79 Å². The first-order valence-electron chi connectivity index (χ1n) is 7.76. The lowest BCUT2D eigenvalue weighted by molar-refractivity contribution is -0.129. The van der Waals surface area contributed by atoms with Crippen molar-refractivity contribution in [3.63, 3.8) is 0 Å². The van der Waals surface area contributed by atoms with Crippen molar-refractivity contribution < 1.29 is 29.1 Å². The molecular weight excluding hydrogens is 364 g/mol. The molecule has 0 aromatic carbocycles. The van der Waals surface area contributed by atoms with Crippen molar-refractivity contribution in [2.45, 2.75) is 45.8 Å². The first-order chi connectivity index (χ1) is 12.2. The molecular formula is C15H22N4O6S. The van der Waals surface area contributed by atoms with Crippen LogP contribution in [-0.4, -0.2) is 52.5 Å². The van der Waals surface area contributed by atoms with Crippen LogP contribution in [-0.2, 0) is 19.2 Å². The maximum absolute atomic E-state index is 11.6. The third-order valence-electron chi connectivity index (χ3n) is 2.75. The van der Waals surface area contributed by atoms with Gasteiger partial charge in [0, 0.05) is 5.38 Å². The monoisotopic (exact) mass is 386 g/mol. The molecule has 0 aliphatic carbocycles. The van der Waals surface area contributed by atoms with Crippen LogP contribution in [0.4, 0.5) is 9.93 Å². The minimum atomic E-state index is -1.33. The van der Waals surface area contributed by atoms with Gasteiger partial charge >= 0.3 is 12.1 Å². The molecule has 2 amide bonds. The van der Waals surface area contributed by atoms with Gasteiger partial charge in [-0.15, -0.1) is 11.3 Å². The summed E-state index contributed by atoms with van der Waals surface area (Å²) in [5.41, 5.74) is -0.975. The van der Waals surface area contributed by atoms with E-state index in [1.807, 2.05) is 0 Å². The van der Waals surface area contributed by atoms with Gasteiger partial charge in [-0.25, -0.2) is 14.6 Å². The number of amides is 2. The SMILES string of the molecule is CCC(CNC(=O)OC(C)(C)C)O/N=C(/C(=O)O)c1csc(NC=O)n1. The number of hydrogen-bond donors (Lipinski definition) is 3. The topological polar surface area (TPSA) is 139 Å². The fourth-order valence-corrected chi connectivity index (χ4v) is 2.24. The van der Waals surface area contributed by atoms with Crippen molar-refractivity contribution >= 4 is 40.7 Å². The summed E-state index contributed by atoms with van der Waals surface area (Å²) in [5.74, 6) is -1.33. The highest BCUT2D eigenvalue weighted by Gasteiger charge is 2.20. The maximum Gasteiger partial charge on any atom is 0.407 e. The lowest BCUT2D eigenvalue weighted by atomic mass is 10.2. The molecule has 11 heteroatoms. The Morgan fingerprint density at radius 1 is 1.46 bits per heavy atom. The normalized spacial score (nSPS) is 12.8. The van der Waals surface area contributed by atoms with E-state index < -0.39 is 29.5 Å². The van der Waals surface area contributed by atoms with Gasteiger partial charge < -0.3 is 25.3 Å². The molecule has 144 valence electrons. The van der Waals surface area contributed by atoms with Crippen LogP contribution in [0, 0.1) is 0 Å². The largest absolute Gasteiger partial charge is 0.476 e. The first-order valence-corrected chi connectivity index (χ1v) is 8.64. The highest BCUT2D eigenvalue weighted by Crippen LogP contribution is 2.16. The van der Waals surface area contributed by atoms with Crippen molar-refractivity contribution in [3.8, 4) is 0 Å². The Balaban J connectivity index is 2.72. The zero-order valence-electron chi connectivity index (χ0n) is 14.9. The highest BCUT2D eigenvalue weighted by molar-refractivity contribution is 7.14. The van der Waals surface area contributed by atoms with Crippen molar-refractivity contribution in [1.82, 2.24) is 10.3 Å². The summed E-state index contributed by atoms with van der Waals surface area (Å²) in [6.07, 6.45) is -0.248. The van der Waals surface area contributed by atoms with Crippen molar-refractivity contribution in [1.29, 1.82) is 0 Å². The molecule has 0 aliphatic heterocycles. The molecule has 0 bridgehead atoms. The molecule has 0 fully saturated rings. The summed E-state index contributed by atoms with van der Waals surface area (Å²) in [7, 11) is 0. The molecule has 10 nitrogen and oxygen atoms in total. The number of rotatable bonds is 9. The number of nitrogens with one attached hydrogen (secondary N) is 2. The van der Waals surface area contributed by atoms with E-state index in [-0.39, 0.29) is 17.4 Å². The molecule has 1 heterocycles. The number of anilines is 1. The quantitative estimate of drug-likeness (QED) is 0.334. The van der Waals surface area contributed by atoms with E-state index in [1.54, 1.807) is 27.7 Å². The number of oxime groups is 1. The van der Waals surface area contributed by atoms with E-state index in [4.69, 9.17) is 9.57 Å². The predicted octanol–water partition coefficient (Wildman–Crippen LogP) is 1.82. The minimum absolute atomic E-state index is 0.0572. The number of hydrogen-bond acceptors (Lipinski definition) is 8. The number of ether oxygens (including phenoxy) is 1. The van der Waals surface area contributed by atoms with Gasteiger partial charge in [0.1, 0.15) is 17.4 Å². The highest BCUT2D eigenvalue weighted by atomic mass is 32.1. The van der Waals surface area contributed by atoms with Crippen LogP contribution in [0.2, 0.25) is 0 Å². The number of carbonyl (C=O) groups is 3. The van der Waals surface area contributed by atoms with Gasteiger partial charge in [-0.2, -0.15) is 0 Å². The molecule has 1 aromatic rings. The third-order valence-corrected chi connectivity index (χ3v) is 3.53. The molecule has 0 radical (unpaired) electrons. The Morgan fingerprint density at radius 3 is 2.69 bits per heavy atom. The Labute approximate surface area is 154 Å². The molecule has 0 saturated carbocycles. The predicted molar refractivity (Wildman–Crippen MR) is 95.4 cm³/mol. The average molecular weight is 386 g/mol. The number of carboxylic acids is 1. The lowest BCUT2D eigenvalue weighted by Crippen LogP contribution is -2.37. The number of aromatic nitrogens is 1. The molecule has 3 N–H and O–H groups in total. The number of alkyl carbamates (subject to hydrolysis) is 1. The maximum atomic E-state index is 11.6. The number of thiazole rings is 1. The first kappa shape index (κ1) is 21.4. The second-order valence-electron chi connectivity index (χ2n) is 6.06. The van der Waals surface area contributed by atoms with Crippen molar-refractivity contribution in [2.24, 2.45) is 5.16 Å². The van der Waals surface area contributed by atoms with Gasteiger partial charge in [0.15, 0.2) is 5.13 Å². The van der Waals surface area contributed by atoms with Gasteiger partial charge in [-0.05, 0) is 27.2 Å². The smallest absolute Gasteiger partial charge is 0.407 e. The third kappa shape index (κ3) is 7.47. The fourth-order valence-electron chi connectivity index (χ4n) is 1.59. The van der Waals surface area contributed by atoms with E-state index in [0.717, 1.165) is 11.3 Å². The molecule has 0 spiro atoms. The van der Waals surface area contributed by atoms with E-state index in [2.05, 4.69) is 20.8 Å². The molecule has 1 unspecified atom stereocenters. The molecule has 0 aliphatic rings. The second kappa shape index (κ2) is 9.70. The van der Waals surface area contributed by atoms with E-state index in [1.165, 1.54) is 5.38 Å². The Bertz CT molecular complexity index is 667. The van der Waals surface area contributed by atoms with Crippen LogP contribution in [0.25, 0.3) is 0 Å². The van der Waals surface area contributed by atoms with Gasteiger partial charge in [0.05, 0.1) is 6.54 Å². The van der Waals surface area contributed by atoms with Crippen LogP contribution in [0.3, 0.4) is 0 Å². The molecule has 1 aromatic heterocycles. The standard InChI is InChI=1S/C15H22N4O6S/c1-5-9(6-16-14(23)24-15(2,3)4)25-19-11(12(21)22)10-7-26-13(18-10)17-8-20/h7-9H,5-6H2,1-4H3,(H,16,23)(H,21,22)(H,17,18,20)/b19-11+. The molecule has 1 atom stereocenters. The van der Waals surface area contributed by atoms with E-state index in [9.17, 15) is 19.5 Å². The van der Waals surface area contributed by atoms with Gasteiger partial charge in [0.25, 0.3) is 0 Å². The number of carbonyl (C=O) groups excluding carboxylic acids is 2. The zero-order valence-corrected chi connectivity index (χ0v) is 15.8. The van der Waals surface area contributed by atoms with Gasteiger partial charge in [-0.1, -0.05) is 12.1 Å². The second-order valence-corrected chi connectivity index (χ2v) is 6.92. The van der Waals surface area contributed by atoms with Crippen LogP contribution in [0.15, 0.2) is 10.5 Å². The molecule has 0 saturated heterocycles. The van der Waals surface area contributed by atoms with E-state index in [0.29, 0.717) is 12.8 Å². The molecule has 26 heavy (non-hydrogen) atoms. The summed E-state index contributed by atoms with van der Waals surface area (Å²) in [5, 5.41) is 19.5. The van der Waals surface area contributed by atoms with Crippen LogP contribution in [0.1, 0.15) is 39.8 Å². The zero-order chi connectivity index (χ0) is 19.7. The lowest BCUT2D eigenvalue weighted by Gasteiger charge is -2.21. The molecule has 1 rings (SSSR count). The van der Waals surface area contributed by atoms with Crippen LogP contribution in [0.5, 0.6) is 0 Å². The van der Waals surface area contributed by atoms with Crippen LogP contribution < -0.4 is 10.6 Å². The summed E-state index contributed by atoms with van der Waals surface area (Å²) < 4.78 is 5.11. The summed E-state index contributed by atoms with van der Waals surface area (Å²) in [6, 6.07) is 0. The Morgan fingerprint density at radius 2 is 2.15 bits per heavy atom. The summed E-state index contributed by atoms with van der Waals surface area (Å²) in [4.78, 5) is 42.6. The number of aliphatic carboxylic acids is 1. The average Bonchev–Trinajstić information content (AvgIpc) is 2.97. The van der Waals surface area contributed by atoms with Crippen molar-refractivity contribution in [2.75, 3.05) is 11.9 Å². The number of carboxylic acid groups (broad SMARTS) is 1. The Kier molecular flexibility index (Phi) is 7.97. The van der Waals surface area contributed by atoms with Gasteiger partial charge in [0.2, 0.25) is 12.1 Å². The fraction of sp³-hybridized carbons (Fsp3) is 0.533. The van der Waals surface area contributed by atoms with Crippen molar-refractivity contribution in [3.05, 3.63) is 11.1 Å². The Hall–Kier alpha value is -2.69.